The molecule has 0 unspecified atom stereocenters. The molecule has 0 heterocycles. The van der Waals surface area contributed by atoms with Crippen LogP contribution in [0.2, 0.25) is 0 Å². The first-order valence-electron chi connectivity index (χ1n) is 3.89. The minimum Gasteiger partial charge on any atom is -0.225 e. The predicted molar refractivity (Wildman–Crippen MR) is 61.6 cm³/mol. The standard InChI is InChI=1S/C7H9BrN2O4S2/c1-4-2-5(8)7(16(10,13)14)3-6(4)15(9,11)12/h2-3H,1H3,(H2,9,11,12)(H2,10,13,14). The van der Waals surface area contributed by atoms with Crippen molar-refractivity contribution in [3.05, 3.63) is 22.2 Å². The van der Waals surface area contributed by atoms with Crippen LogP contribution in [-0.2, 0) is 20.0 Å². The number of halogens is 1. The van der Waals surface area contributed by atoms with E-state index in [0.717, 1.165) is 6.07 Å². The van der Waals surface area contributed by atoms with Gasteiger partial charge in [-0.15, -0.1) is 0 Å². The topological polar surface area (TPSA) is 120 Å². The van der Waals surface area contributed by atoms with Crippen molar-refractivity contribution in [1.29, 1.82) is 0 Å². The molecule has 0 saturated carbocycles. The van der Waals surface area contributed by atoms with Gasteiger partial charge >= 0.3 is 0 Å². The van der Waals surface area contributed by atoms with Crippen molar-refractivity contribution in [1.82, 2.24) is 0 Å². The number of primary sulfonamides is 2. The summed E-state index contributed by atoms with van der Waals surface area (Å²) < 4.78 is 44.8. The number of nitrogens with two attached hydrogens (primary N) is 2. The first-order chi connectivity index (χ1) is 7.03. The van der Waals surface area contributed by atoms with E-state index in [1.54, 1.807) is 0 Å². The number of aryl methyl sites for hydroxylation is 1. The highest BCUT2D eigenvalue weighted by atomic mass is 79.9. The summed E-state index contributed by atoms with van der Waals surface area (Å²) in [6.07, 6.45) is 0. The molecule has 0 bridgehead atoms. The molecule has 9 heteroatoms. The Balaban J connectivity index is 3.72. The van der Waals surface area contributed by atoms with Crippen LogP contribution in [0.25, 0.3) is 0 Å². The normalized spacial score (nSPS) is 12.8. The lowest BCUT2D eigenvalue weighted by atomic mass is 10.2. The Morgan fingerprint density at radius 1 is 1.00 bits per heavy atom. The minimum absolute atomic E-state index is 0.194. The van der Waals surface area contributed by atoms with Crippen molar-refractivity contribution in [2.24, 2.45) is 10.3 Å². The number of hydrogen-bond acceptors (Lipinski definition) is 4. The van der Waals surface area contributed by atoms with Crippen LogP contribution in [-0.4, -0.2) is 16.8 Å². The van der Waals surface area contributed by atoms with E-state index in [2.05, 4.69) is 15.9 Å². The van der Waals surface area contributed by atoms with Gasteiger partial charge in [0.1, 0.15) is 0 Å². The number of rotatable bonds is 2. The van der Waals surface area contributed by atoms with Gasteiger partial charge in [0.15, 0.2) is 0 Å². The monoisotopic (exact) mass is 328 g/mol. The molecule has 16 heavy (non-hydrogen) atoms. The van der Waals surface area contributed by atoms with Gasteiger partial charge < -0.3 is 0 Å². The van der Waals surface area contributed by atoms with Crippen LogP contribution in [0.5, 0.6) is 0 Å². The molecule has 0 fully saturated rings. The molecule has 0 aliphatic rings. The van der Waals surface area contributed by atoms with Crippen molar-refractivity contribution < 1.29 is 16.8 Å². The first-order valence-corrected chi connectivity index (χ1v) is 7.78. The van der Waals surface area contributed by atoms with Crippen LogP contribution < -0.4 is 10.3 Å². The van der Waals surface area contributed by atoms with Gasteiger partial charge in [0, 0.05) is 4.47 Å². The van der Waals surface area contributed by atoms with Gasteiger partial charge in [-0.2, -0.15) is 0 Å². The molecule has 0 radical (unpaired) electrons. The van der Waals surface area contributed by atoms with Crippen LogP contribution >= 0.6 is 15.9 Å². The summed E-state index contributed by atoms with van der Waals surface area (Å²) in [5, 5.41) is 9.87. The van der Waals surface area contributed by atoms with Crippen LogP contribution in [0, 0.1) is 6.92 Å². The quantitative estimate of drug-likeness (QED) is 0.796. The summed E-state index contributed by atoms with van der Waals surface area (Å²) in [7, 11) is -7.97. The highest BCUT2D eigenvalue weighted by Crippen LogP contribution is 2.26. The Kier molecular flexibility index (Phi) is 3.46. The Morgan fingerprint density at radius 2 is 1.44 bits per heavy atom. The smallest absolute Gasteiger partial charge is 0.225 e. The number of benzene rings is 1. The Bertz CT molecular complexity index is 583. The van der Waals surface area contributed by atoms with E-state index >= 15 is 0 Å². The van der Waals surface area contributed by atoms with E-state index in [-0.39, 0.29) is 14.3 Å². The molecule has 0 saturated heterocycles. The van der Waals surface area contributed by atoms with Crippen LogP contribution in [0.15, 0.2) is 26.4 Å². The maximum absolute atomic E-state index is 11.2. The SMILES string of the molecule is Cc1cc(Br)c(S(N)(=O)=O)cc1S(N)(=O)=O. The molecular formula is C7H9BrN2O4S2. The molecule has 1 aromatic rings. The number of sulfonamides is 2. The lowest BCUT2D eigenvalue weighted by Gasteiger charge is -2.08. The first kappa shape index (κ1) is 13.6. The average Bonchev–Trinajstić information content (AvgIpc) is 1.97. The largest absolute Gasteiger partial charge is 0.239 e. The lowest BCUT2D eigenvalue weighted by Crippen LogP contribution is -2.17. The van der Waals surface area contributed by atoms with Crippen LogP contribution in [0.3, 0.4) is 0 Å². The third-order valence-electron chi connectivity index (χ3n) is 1.84. The molecular weight excluding hydrogens is 320 g/mol. The third-order valence-corrected chi connectivity index (χ3v) is 4.76. The van der Waals surface area contributed by atoms with E-state index < -0.39 is 20.0 Å². The van der Waals surface area contributed by atoms with Crippen molar-refractivity contribution in [3.63, 3.8) is 0 Å². The van der Waals surface area contributed by atoms with Gasteiger partial charge in [-0.1, -0.05) is 0 Å². The van der Waals surface area contributed by atoms with Gasteiger partial charge in [-0.3, -0.25) is 0 Å². The van der Waals surface area contributed by atoms with E-state index in [9.17, 15) is 16.8 Å². The maximum atomic E-state index is 11.2. The fourth-order valence-corrected chi connectivity index (χ4v) is 3.77. The average molecular weight is 329 g/mol. The second-order valence-corrected chi connectivity index (χ2v) is 7.05. The summed E-state index contributed by atoms with van der Waals surface area (Å²) in [6, 6.07) is 2.27. The Hall–Kier alpha value is -0.480. The maximum Gasteiger partial charge on any atom is 0.239 e. The van der Waals surface area contributed by atoms with E-state index in [1.807, 2.05) is 0 Å². The second-order valence-electron chi connectivity index (χ2n) is 3.14. The molecule has 1 rings (SSSR count). The molecule has 0 spiro atoms. The molecule has 0 aliphatic heterocycles. The summed E-state index contributed by atoms with van der Waals surface area (Å²) in [4.78, 5) is -0.582. The van der Waals surface area contributed by atoms with Gasteiger partial charge in [0.05, 0.1) is 9.79 Å². The Morgan fingerprint density at radius 3 is 1.81 bits per heavy atom. The molecule has 1 aromatic carbocycles. The highest BCUT2D eigenvalue weighted by molar-refractivity contribution is 9.10. The Labute approximate surface area is 102 Å². The fourth-order valence-electron chi connectivity index (χ4n) is 1.16. The zero-order valence-corrected chi connectivity index (χ0v) is 11.4. The van der Waals surface area contributed by atoms with Gasteiger partial charge in [-0.25, -0.2) is 27.1 Å². The molecule has 0 aromatic heterocycles. The van der Waals surface area contributed by atoms with Crippen LogP contribution in [0.4, 0.5) is 0 Å². The molecule has 90 valence electrons. The molecule has 0 amide bonds. The van der Waals surface area contributed by atoms with E-state index in [0.29, 0.717) is 5.56 Å². The molecule has 6 nitrogen and oxygen atoms in total. The van der Waals surface area contributed by atoms with Crippen molar-refractivity contribution in [3.8, 4) is 0 Å². The zero-order chi connectivity index (χ0) is 12.7. The minimum atomic E-state index is -4.00. The summed E-state index contributed by atoms with van der Waals surface area (Å²) in [5.74, 6) is 0. The lowest BCUT2D eigenvalue weighted by molar-refractivity contribution is 0.595. The van der Waals surface area contributed by atoms with Crippen molar-refractivity contribution in [2.75, 3.05) is 0 Å². The highest BCUT2D eigenvalue weighted by Gasteiger charge is 2.19. The van der Waals surface area contributed by atoms with Gasteiger partial charge in [0.25, 0.3) is 0 Å². The summed E-state index contributed by atoms with van der Waals surface area (Å²) >= 11 is 2.99. The fraction of sp³-hybridized carbons (Fsp3) is 0.143. The van der Waals surface area contributed by atoms with Crippen molar-refractivity contribution in [2.45, 2.75) is 16.7 Å². The van der Waals surface area contributed by atoms with Crippen LogP contribution in [0.1, 0.15) is 5.56 Å². The van der Waals surface area contributed by atoms with Gasteiger partial charge in [0.2, 0.25) is 20.0 Å². The molecule has 0 aliphatic carbocycles. The summed E-state index contributed by atoms with van der Waals surface area (Å²) in [5.41, 5.74) is 0.335. The van der Waals surface area contributed by atoms with Crippen molar-refractivity contribution >= 4 is 36.0 Å². The van der Waals surface area contributed by atoms with Gasteiger partial charge in [-0.05, 0) is 40.5 Å². The summed E-state index contributed by atoms with van der Waals surface area (Å²) in [6.45, 7) is 1.50. The van der Waals surface area contributed by atoms with E-state index in [4.69, 9.17) is 10.3 Å². The molecule has 4 N–H and O–H groups in total. The zero-order valence-electron chi connectivity index (χ0n) is 8.14. The third kappa shape index (κ3) is 2.80. The number of hydrogen-bond donors (Lipinski definition) is 2. The second kappa shape index (κ2) is 4.08. The van der Waals surface area contributed by atoms with E-state index in [1.165, 1.54) is 13.0 Å². The molecule has 0 atom stereocenters. The predicted octanol–water partition coefficient (Wildman–Crippen LogP) is 0.0523.